The van der Waals surface area contributed by atoms with Gasteiger partial charge in [-0.1, -0.05) is 47.7 Å². The number of hydrogen-bond donors (Lipinski definition) is 1. The molecule has 3 rings (SSSR count). The molecule has 0 aliphatic carbocycles. The molecule has 3 aromatic rings. The number of aromatic nitrogens is 2. The second-order valence-corrected chi connectivity index (χ2v) is 7.03. The third kappa shape index (κ3) is 3.20. The Morgan fingerprint density at radius 1 is 0.913 bits per heavy atom. The summed E-state index contributed by atoms with van der Waals surface area (Å²) in [5.41, 5.74) is 0.757. The Kier molecular flexibility index (Phi) is 4.05. The van der Waals surface area contributed by atoms with E-state index in [9.17, 15) is 17.2 Å². The summed E-state index contributed by atoms with van der Waals surface area (Å²) in [5.74, 6) is -2.35. The van der Waals surface area contributed by atoms with Crippen LogP contribution in [0.1, 0.15) is 0 Å². The smallest absolute Gasteiger partial charge is 0.253 e. The van der Waals surface area contributed by atoms with Gasteiger partial charge in [-0.25, -0.2) is 17.2 Å². The molecule has 9 heteroatoms. The molecule has 1 N–H and O–H groups in total. The van der Waals surface area contributed by atoms with Crippen LogP contribution >= 0.6 is 11.3 Å². The maximum absolute atomic E-state index is 13.6. The molecule has 0 aliphatic rings. The zero-order valence-corrected chi connectivity index (χ0v) is 13.0. The Morgan fingerprint density at radius 2 is 1.57 bits per heavy atom. The van der Waals surface area contributed by atoms with Gasteiger partial charge in [-0.05, 0) is 12.1 Å². The highest BCUT2D eigenvalue weighted by atomic mass is 32.2. The van der Waals surface area contributed by atoms with Crippen molar-refractivity contribution in [2.75, 3.05) is 4.72 Å². The molecule has 0 spiro atoms. The van der Waals surface area contributed by atoms with Crippen molar-refractivity contribution in [2.24, 2.45) is 0 Å². The van der Waals surface area contributed by atoms with E-state index in [-0.39, 0.29) is 5.13 Å². The Balaban J connectivity index is 1.92. The van der Waals surface area contributed by atoms with E-state index in [0.717, 1.165) is 35.1 Å². The predicted molar refractivity (Wildman–Crippen MR) is 82.5 cm³/mol. The van der Waals surface area contributed by atoms with E-state index >= 15 is 0 Å². The van der Waals surface area contributed by atoms with Crippen molar-refractivity contribution in [3.05, 3.63) is 60.2 Å². The number of nitrogens with one attached hydrogen (secondary N) is 1. The number of sulfonamides is 1. The second-order valence-electron chi connectivity index (χ2n) is 4.43. The Bertz CT molecular complexity index is 923. The first kappa shape index (κ1) is 15.5. The van der Waals surface area contributed by atoms with Gasteiger partial charge in [0.15, 0.2) is 4.90 Å². The fraction of sp³-hybridized carbons (Fsp3) is 0. The van der Waals surface area contributed by atoms with Gasteiger partial charge in [0.25, 0.3) is 10.0 Å². The van der Waals surface area contributed by atoms with Gasteiger partial charge >= 0.3 is 0 Å². The minimum absolute atomic E-state index is 0.0773. The Hall–Kier alpha value is -2.39. The van der Waals surface area contributed by atoms with Gasteiger partial charge in [0.1, 0.15) is 16.6 Å². The highest BCUT2D eigenvalue weighted by Crippen LogP contribution is 2.28. The molecule has 2 aromatic carbocycles. The SMILES string of the molecule is O=S(=O)(Nc1nnc(-c2ccccc2)s1)c1c(F)cccc1F. The van der Waals surface area contributed by atoms with Crippen LogP contribution in [0.3, 0.4) is 0 Å². The van der Waals surface area contributed by atoms with Crippen LogP contribution in [-0.4, -0.2) is 18.6 Å². The van der Waals surface area contributed by atoms with Crippen LogP contribution in [0.15, 0.2) is 53.4 Å². The van der Waals surface area contributed by atoms with Gasteiger partial charge in [-0.2, -0.15) is 0 Å². The van der Waals surface area contributed by atoms with E-state index in [2.05, 4.69) is 10.2 Å². The first-order valence-corrected chi connectivity index (χ1v) is 8.63. The van der Waals surface area contributed by atoms with E-state index < -0.39 is 26.6 Å². The summed E-state index contributed by atoms with van der Waals surface area (Å²) >= 11 is 0.962. The monoisotopic (exact) mass is 353 g/mol. The van der Waals surface area contributed by atoms with Crippen LogP contribution in [0.4, 0.5) is 13.9 Å². The summed E-state index contributed by atoms with van der Waals surface area (Å²) in [4.78, 5) is -1.04. The molecule has 0 fully saturated rings. The summed E-state index contributed by atoms with van der Waals surface area (Å²) < 4.78 is 53.6. The quantitative estimate of drug-likeness (QED) is 0.781. The zero-order chi connectivity index (χ0) is 16.4. The van der Waals surface area contributed by atoms with Gasteiger partial charge in [0.05, 0.1) is 0 Å². The van der Waals surface area contributed by atoms with Gasteiger partial charge in [-0.3, -0.25) is 4.72 Å². The van der Waals surface area contributed by atoms with Crippen LogP contribution in [0.2, 0.25) is 0 Å². The molecule has 23 heavy (non-hydrogen) atoms. The summed E-state index contributed by atoms with van der Waals surface area (Å²) in [6, 6.07) is 11.8. The number of anilines is 1. The molecule has 0 amide bonds. The summed E-state index contributed by atoms with van der Waals surface area (Å²) in [7, 11) is -4.44. The third-order valence-electron chi connectivity index (χ3n) is 2.86. The van der Waals surface area contributed by atoms with E-state index in [1.807, 2.05) is 10.8 Å². The highest BCUT2D eigenvalue weighted by molar-refractivity contribution is 7.93. The summed E-state index contributed by atoms with van der Waals surface area (Å²) in [6.07, 6.45) is 0. The number of benzene rings is 2. The van der Waals surface area contributed by atoms with Crippen molar-refractivity contribution in [1.82, 2.24) is 10.2 Å². The van der Waals surface area contributed by atoms with Crippen LogP contribution < -0.4 is 4.72 Å². The molecule has 0 unspecified atom stereocenters. The van der Waals surface area contributed by atoms with Gasteiger partial charge in [0, 0.05) is 5.56 Å². The van der Waals surface area contributed by atoms with Crippen LogP contribution in [0.25, 0.3) is 10.6 Å². The average molecular weight is 353 g/mol. The third-order valence-corrected chi connectivity index (χ3v) is 5.26. The van der Waals surface area contributed by atoms with Crippen molar-refractivity contribution in [3.63, 3.8) is 0 Å². The minimum atomic E-state index is -4.44. The normalized spacial score (nSPS) is 11.4. The van der Waals surface area contributed by atoms with Crippen LogP contribution in [-0.2, 0) is 10.0 Å². The lowest BCUT2D eigenvalue weighted by molar-refractivity contribution is 0.521. The summed E-state index contributed by atoms with van der Waals surface area (Å²) in [6.45, 7) is 0. The van der Waals surface area contributed by atoms with Gasteiger partial charge < -0.3 is 0 Å². The standard InChI is InChI=1S/C14H9F2N3O2S2/c15-10-7-4-8-11(16)12(10)23(20,21)19-14-18-17-13(22-14)9-5-2-1-3-6-9/h1-8H,(H,18,19). The number of nitrogens with zero attached hydrogens (tertiary/aromatic N) is 2. The number of halogens is 2. The van der Waals surface area contributed by atoms with Gasteiger partial charge in [0.2, 0.25) is 5.13 Å². The van der Waals surface area contributed by atoms with Crippen LogP contribution in [0.5, 0.6) is 0 Å². The fourth-order valence-electron chi connectivity index (χ4n) is 1.87. The molecular formula is C14H9F2N3O2S2. The molecule has 0 radical (unpaired) electrons. The number of rotatable bonds is 4. The van der Waals surface area contributed by atoms with Gasteiger partial charge in [-0.15, -0.1) is 10.2 Å². The van der Waals surface area contributed by atoms with Crippen molar-refractivity contribution in [1.29, 1.82) is 0 Å². The molecule has 0 aliphatic heterocycles. The maximum atomic E-state index is 13.6. The lowest BCUT2D eigenvalue weighted by Gasteiger charge is -2.06. The van der Waals surface area contributed by atoms with E-state index in [0.29, 0.717) is 5.01 Å². The Morgan fingerprint density at radius 3 is 2.22 bits per heavy atom. The maximum Gasteiger partial charge on any atom is 0.269 e. The molecule has 0 saturated heterocycles. The van der Waals surface area contributed by atoms with Crippen molar-refractivity contribution in [3.8, 4) is 10.6 Å². The van der Waals surface area contributed by atoms with E-state index in [1.165, 1.54) is 0 Å². The average Bonchev–Trinajstić information content (AvgIpc) is 2.95. The zero-order valence-electron chi connectivity index (χ0n) is 11.4. The molecule has 0 bridgehead atoms. The molecule has 0 atom stereocenters. The number of hydrogen-bond acceptors (Lipinski definition) is 5. The lowest BCUT2D eigenvalue weighted by Crippen LogP contribution is -2.16. The molecule has 0 saturated carbocycles. The fourth-order valence-corrected chi connectivity index (χ4v) is 3.99. The molecule has 1 heterocycles. The van der Waals surface area contributed by atoms with Crippen molar-refractivity contribution >= 4 is 26.5 Å². The van der Waals surface area contributed by atoms with E-state index in [1.54, 1.807) is 24.3 Å². The molecule has 1 aromatic heterocycles. The highest BCUT2D eigenvalue weighted by Gasteiger charge is 2.25. The first-order valence-electron chi connectivity index (χ1n) is 6.33. The molecule has 118 valence electrons. The lowest BCUT2D eigenvalue weighted by atomic mass is 10.2. The first-order chi connectivity index (χ1) is 11.0. The summed E-state index contributed by atoms with van der Waals surface area (Å²) in [5, 5.41) is 7.97. The molecular weight excluding hydrogens is 344 g/mol. The van der Waals surface area contributed by atoms with E-state index in [4.69, 9.17) is 0 Å². The van der Waals surface area contributed by atoms with Crippen molar-refractivity contribution in [2.45, 2.75) is 4.90 Å². The van der Waals surface area contributed by atoms with Crippen LogP contribution in [0, 0.1) is 11.6 Å². The largest absolute Gasteiger partial charge is 0.269 e. The second kappa shape index (κ2) is 6.01. The topological polar surface area (TPSA) is 72.0 Å². The predicted octanol–water partition coefficient (Wildman–Crippen LogP) is 3.28. The van der Waals surface area contributed by atoms with Crippen molar-refractivity contribution < 1.29 is 17.2 Å². The minimum Gasteiger partial charge on any atom is -0.253 e. The Labute approximate surface area is 134 Å². The molecule has 5 nitrogen and oxygen atoms in total.